The summed E-state index contributed by atoms with van der Waals surface area (Å²) < 4.78 is 14.2. The molecule has 1 aromatic heterocycles. The largest absolute Gasteiger partial charge is 0.494 e. The van der Waals surface area contributed by atoms with Gasteiger partial charge in [-0.3, -0.25) is 4.79 Å². The fourth-order valence-corrected chi connectivity index (χ4v) is 4.33. The Morgan fingerprint density at radius 2 is 1.97 bits per heavy atom. The van der Waals surface area contributed by atoms with Crippen LogP contribution in [0.4, 0.5) is 0 Å². The van der Waals surface area contributed by atoms with Crippen LogP contribution < -0.4 is 9.54 Å². The highest BCUT2D eigenvalue weighted by molar-refractivity contribution is 7.16. The van der Waals surface area contributed by atoms with Crippen LogP contribution in [0.15, 0.2) is 47.5 Å². The van der Waals surface area contributed by atoms with Crippen LogP contribution >= 0.6 is 11.3 Å². The Hall–Kier alpha value is -2.44. The molecule has 1 amide bonds. The van der Waals surface area contributed by atoms with Crippen LogP contribution in [-0.4, -0.2) is 30.8 Å². The minimum atomic E-state index is -0.264. The third-order valence-corrected chi connectivity index (χ3v) is 5.76. The first-order valence-electron chi connectivity index (χ1n) is 10.0. The van der Waals surface area contributed by atoms with Crippen molar-refractivity contribution < 1.29 is 14.3 Å². The maximum absolute atomic E-state index is 12.9. The van der Waals surface area contributed by atoms with Crippen LogP contribution in [0.3, 0.4) is 0 Å². The number of thiazole rings is 1. The van der Waals surface area contributed by atoms with Crippen molar-refractivity contribution in [3.05, 3.63) is 58.4 Å². The zero-order chi connectivity index (χ0) is 20.6. The number of benzene rings is 2. The van der Waals surface area contributed by atoms with E-state index < -0.39 is 0 Å². The van der Waals surface area contributed by atoms with Gasteiger partial charge in [0.25, 0.3) is 5.91 Å². The summed E-state index contributed by atoms with van der Waals surface area (Å²) in [6.45, 7) is 6.10. The lowest BCUT2D eigenvalue weighted by atomic mass is 10.2. The Labute approximate surface area is 175 Å². The number of carbonyl (C=O) groups is 1. The molecule has 6 heteroatoms. The molecule has 0 atom stereocenters. The van der Waals surface area contributed by atoms with Crippen molar-refractivity contribution in [2.75, 3.05) is 20.3 Å². The Morgan fingerprint density at radius 3 is 2.76 bits per heavy atom. The van der Waals surface area contributed by atoms with Crippen LogP contribution in [0.2, 0.25) is 0 Å². The van der Waals surface area contributed by atoms with Crippen LogP contribution in [0.25, 0.3) is 10.2 Å². The van der Waals surface area contributed by atoms with Crippen molar-refractivity contribution in [3.8, 4) is 5.75 Å². The van der Waals surface area contributed by atoms with Gasteiger partial charge in [-0.05, 0) is 43.2 Å². The molecule has 0 unspecified atom stereocenters. The topological polar surface area (TPSA) is 52.8 Å². The number of carbonyl (C=O) groups excluding carboxylic acids is 1. The number of hydrogen-bond acceptors (Lipinski definition) is 4. The molecule has 1 heterocycles. The summed E-state index contributed by atoms with van der Waals surface area (Å²) in [6.07, 6.45) is 3.30. The Bertz CT molecular complexity index is 1040. The number of para-hydroxylation sites is 1. The molecule has 3 rings (SSSR count). The summed E-state index contributed by atoms with van der Waals surface area (Å²) in [7, 11) is 1.68. The molecular weight excluding hydrogens is 384 g/mol. The fourth-order valence-electron chi connectivity index (χ4n) is 3.19. The standard InChI is InChI=1S/C23H28N2O3S/c1-4-5-6-14-28-19-11-8-10-18(16-19)22(26)24-23-25(13-15-27-3)21-17(2)9-7-12-20(21)29-23/h7-12,16H,4-6,13-15H2,1-3H3. The van der Waals surface area contributed by atoms with Crippen molar-refractivity contribution in [1.82, 2.24) is 4.57 Å². The number of amides is 1. The number of unbranched alkanes of at least 4 members (excludes halogenated alkanes) is 2. The maximum Gasteiger partial charge on any atom is 0.279 e. The average molecular weight is 413 g/mol. The van der Waals surface area contributed by atoms with Gasteiger partial charge in [-0.2, -0.15) is 4.99 Å². The maximum atomic E-state index is 12.9. The number of rotatable bonds is 9. The van der Waals surface area contributed by atoms with Gasteiger partial charge in [0, 0.05) is 19.2 Å². The minimum Gasteiger partial charge on any atom is -0.494 e. The zero-order valence-corrected chi connectivity index (χ0v) is 18.1. The number of methoxy groups -OCH3 is 1. The Morgan fingerprint density at radius 1 is 1.14 bits per heavy atom. The highest BCUT2D eigenvalue weighted by Gasteiger charge is 2.11. The van der Waals surface area contributed by atoms with Gasteiger partial charge >= 0.3 is 0 Å². The van der Waals surface area contributed by atoms with Gasteiger partial charge in [0.15, 0.2) is 4.80 Å². The molecule has 29 heavy (non-hydrogen) atoms. The number of aryl methyl sites for hydroxylation is 1. The normalized spacial score (nSPS) is 11.9. The summed E-state index contributed by atoms with van der Waals surface area (Å²) >= 11 is 1.52. The quantitative estimate of drug-likeness (QED) is 0.466. The lowest BCUT2D eigenvalue weighted by Crippen LogP contribution is -2.19. The summed E-state index contributed by atoms with van der Waals surface area (Å²) in [6, 6.07) is 13.4. The van der Waals surface area contributed by atoms with Crippen molar-refractivity contribution >= 4 is 27.5 Å². The molecule has 0 bridgehead atoms. The van der Waals surface area contributed by atoms with Gasteiger partial charge in [-0.1, -0.05) is 49.3 Å². The van der Waals surface area contributed by atoms with E-state index in [0.717, 1.165) is 35.0 Å². The van der Waals surface area contributed by atoms with E-state index in [9.17, 15) is 4.79 Å². The van der Waals surface area contributed by atoms with Gasteiger partial charge < -0.3 is 14.0 Å². The van der Waals surface area contributed by atoms with E-state index in [2.05, 4.69) is 35.5 Å². The molecule has 0 N–H and O–H groups in total. The van der Waals surface area contributed by atoms with E-state index in [1.165, 1.54) is 11.3 Å². The van der Waals surface area contributed by atoms with Crippen molar-refractivity contribution in [3.63, 3.8) is 0 Å². The monoisotopic (exact) mass is 412 g/mol. The van der Waals surface area contributed by atoms with E-state index in [4.69, 9.17) is 9.47 Å². The molecule has 0 aliphatic rings. The van der Waals surface area contributed by atoms with Crippen LogP contribution in [0.5, 0.6) is 5.75 Å². The van der Waals surface area contributed by atoms with Crippen molar-refractivity contribution in [2.24, 2.45) is 4.99 Å². The van der Waals surface area contributed by atoms with E-state index >= 15 is 0 Å². The molecule has 3 aromatic rings. The molecular formula is C23H28N2O3S. The van der Waals surface area contributed by atoms with E-state index in [-0.39, 0.29) is 5.91 Å². The molecule has 0 saturated heterocycles. The van der Waals surface area contributed by atoms with Gasteiger partial charge in [0.2, 0.25) is 0 Å². The molecule has 154 valence electrons. The predicted molar refractivity (Wildman–Crippen MR) is 118 cm³/mol. The van der Waals surface area contributed by atoms with Crippen LogP contribution in [0, 0.1) is 6.92 Å². The van der Waals surface area contributed by atoms with E-state index in [1.54, 1.807) is 19.2 Å². The Balaban J connectivity index is 1.90. The highest BCUT2D eigenvalue weighted by Crippen LogP contribution is 2.21. The molecule has 0 aliphatic carbocycles. The number of fused-ring (bicyclic) bond motifs is 1. The Kier molecular flexibility index (Phi) is 7.61. The SMILES string of the molecule is CCCCCOc1cccc(C(=O)N=c2sc3cccc(C)c3n2CCOC)c1. The number of hydrogen-bond donors (Lipinski definition) is 0. The van der Waals surface area contributed by atoms with E-state index in [0.29, 0.717) is 35.9 Å². The molecule has 0 saturated carbocycles. The second-order valence-electron chi connectivity index (χ2n) is 6.95. The third kappa shape index (κ3) is 5.34. The predicted octanol–water partition coefficient (Wildman–Crippen LogP) is 4.97. The summed E-state index contributed by atoms with van der Waals surface area (Å²) in [5.41, 5.74) is 2.80. The van der Waals surface area contributed by atoms with Gasteiger partial charge in [0.1, 0.15) is 5.75 Å². The van der Waals surface area contributed by atoms with E-state index in [1.807, 2.05) is 18.2 Å². The fraction of sp³-hybridized carbons (Fsp3) is 0.391. The summed E-state index contributed by atoms with van der Waals surface area (Å²) in [5.74, 6) is 0.445. The molecule has 5 nitrogen and oxygen atoms in total. The molecule has 0 radical (unpaired) electrons. The average Bonchev–Trinajstić information content (AvgIpc) is 3.08. The summed E-state index contributed by atoms with van der Waals surface area (Å²) in [5, 5.41) is 0. The lowest BCUT2D eigenvalue weighted by Gasteiger charge is -2.07. The first-order valence-corrected chi connectivity index (χ1v) is 10.9. The number of aromatic nitrogens is 1. The van der Waals surface area contributed by atoms with Gasteiger partial charge in [-0.15, -0.1) is 0 Å². The first-order chi connectivity index (χ1) is 14.1. The van der Waals surface area contributed by atoms with Crippen molar-refractivity contribution in [1.29, 1.82) is 0 Å². The first kappa shape index (κ1) is 21.3. The third-order valence-electron chi connectivity index (χ3n) is 4.72. The van der Waals surface area contributed by atoms with Crippen LogP contribution in [-0.2, 0) is 11.3 Å². The second-order valence-corrected chi connectivity index (χ2v) is 7.96. The highest BCUT2D eigenvalue weighted by atomic mass is 32.1. The minimum absolute atomic E-state index is 0.264. The zero-order valence-electron chi connectivity index (χ0n) is 17.3. The van der Waals surface area contributed by atoms with Crippen molar-refractivity contribution in [2.45, 2.75) is 39.7 Å². The number of nitrogens with zero attached hydrogens (tertiary/aromatic N) is 2. The van der Waals surface area contributed by atoms with Crippen LogP contribution in [0.1, 0.15) is 42.1 Å². The molecule has 0 spiro atoms. The molecule has 0 fully saturated rings. The molecule has 0 aliphatic heterocycles. The smallest absolute Gasteiger partial charge is 0.279 e. The summed E-state index contributed by atoms with van der Waals surface area (Å²) in [4.78, 5) is 18.0. The number of ether oxygens (including phenoxy) is 2. The van der Waals surface area contributed by atoms with Gasteiger partial charge in [0.05, 0.1) is 23.4 Å². The molecule has 2 aromatic carbocycles. The lowest BCUT2D eigenvalue weighted by molar-refractivity contribution is 0.0997. The van der Waals surface area contributed by atoms with Gasteiger partial charge in [-0.25, -0.2) is 0 Å². The second kappa shape index (κ2) is 10.4.